The van der Waals surface area contributed by atoms with Gasteiger partial charge in [-0.15, -0.1) is 12.4 Å². The van der Waals surface area contributed by atoms with Gasteiger partial charge >= 0.3 is 0 Å². The Kier molecular flexibility index (Phi) is 6.96. The molecule has 0 aromatic heterocycles. The molecule has 3 unspecified atom stereocenters. The van der Waals surface area contributed by atoms with Crippen molar-refractivity contribution in [3.05, 3.63) is 96.1 Å². The average Bonchev–Trinajstić information content (AvgIpc) is 3.14. The lowest BCUT2D eigenvalue weighted by Crippen LogP contribution is -2.45. The van der Waals surface area contributed by atoms with Gasteiger partial charge in [-0.25, -0.2) is 0 Å². The number of piperidine rings is 1. The summed E-state index contributed by atoms with van der Waals surface area (Å²) >= 11 is 0. The van der Waals surface area contributed by atoms with Gasteiger partial charge in [-0.2, -0.15) is 0 Å². The van der Waals surface area contributed by atoms with Crippen LogP contribution >= 0.6 is 12.4 Å². The van der Waals surface area contributed by atoms with Crippen LogP contribution in [0.15, 0.2) is 84.9 Å². The van der Waals surface area contributed by atoms with Gasteiger partial charge < -0.3 is 14.9 Å². The van der Waals surface area contributed by atoms with Crippen molar-refractivity contribution >= 4 is 23.8 Å². The first-order valence-corrected chi connectivity index (χ1v) is 11.2. The van der Waals surface area contributed by atoms with Crippen LogP contribution in [0, 0.1) is 0 Å². The summed E-state index contributed by atoms with van der Waals surface area (Å²) in [5.74, 6) is 0.550. The van der Waals surface area contributed by atoms with Crippen LogP contribution in [0.1, 0.15) is 42.4 Å². The van der Waals surface area contributed by atoms with Gasteiger partial charge in [0.15, 0.2) is 0 Å². The molecule has 1 saturated heterocycles. The maximum atomic E-state index is 10.5. The van der Waals surface area contributed by atoms with Gasteiger partial charge in [-0.3, -0.25) is 0 Å². The standard InChI is InChI=1S/C27H30N2O.ClH/c30-27(21-10-3-1-4-11-21)16-9-18-28-19-17-26-24(20-28)23-14-7-8-15-25(23)29(26)22-12-5-2-6-13-22;/h1-8,10-15,24,26-27,30H,9,16-20H2;1H. The van der Waals surface area contributed by atoms with Gasteiger partial charge in [0, 0.05) is 36.4 Å². The van der Waals surface area contributed by atoms with Crippen molar-refractivity contribution < 1.29 is 5.11 Å². The molecule has 0 spiro atoms. The Balaban J connectivity index is 0.00000231. The summed E-state index contributed by atoms with van der Waals surface area (Å²) < 4.78 is 0. The number of anilines is 2. The van der Waals surface area contributed by atoms with E-state index in [0.29, 0.717) is 12.0 Å². The highest BCUT2D eigenvalue weighted by Gasteiger charge is 2.42. The van der Waals surface area contributed by atoms with E-state index >= 15 is 0 Å². The van der Waals surface area contributed by atoms with Crippen LogP contribution in [0.25, 0.3) is 0 Å². The number of aliphatic hydroxyl groups is 1. The fourth-order valence-corrected chi connectivity index (χ4v) is 5.29. The number of hydrogen-bond donors (Lipinski definition) is 1. The van der Waals surface area contributed by atoms with Gasteiger partial charge in [-0.05, 0) is 55.1 Å². The molecule has 3 nitrogen and oxygen atoms in total. The second-order valence-corrected chi connectivity index (χ2v) is 8.60. The lowest BCUT2D eigenvalue weighted by atomic mass is 9.89. The second-order valence-electron chi connectivity index (χ2n) is 8.60. The third kappa shape index (κ3) is 4.50. The van der Waals surface area contributed by atoms with E-state index in [1.54, 1.807) is 0 Å². The van der Waals surface area contributed by atoms with E-state index < -0.39 is 0 Å². The minimum Gasteiger partial charge on any atom is -0.388 e. The molecule has 0 radical (unpaired) electrons. The molecule has 0 bridgehead atoms. The van der Waals surface area contributed by atoms with Crippen LogP contribution in [-0.2, 0) is 0 Å². The number of hydrogen-bond acceptors (Lipinski definition) is 3. The lowest BCUT2D eigenvalue weighted by molar-refractivity contribution is 0.145. The number of nitrogens with zero attached hydrogens (tertiary/aromatic N) is 2. The second kappa shape index (κ2) is 9.86. The molecule has 2 aliphatic heterocycles. The number of fused-ring (bicyclic) bond motifs is 3. The first-order valence-electron chi connectivity index (χ1n) is 11.2. The third-order valence-corrected chi connectivity index (χ3v) is 6.76. The van der Waals surface area contributed by atoms with E-state index in [-0.39, 0.29) is 18.5 Å². The minimum absolute atomic E-state index is 0. The van der Waals surface area contributed by atoms with Crippen molar-refractivity contribution in [2.24, 2.45) is 0 Å². The molecular formula is C27H31ClN2O. The zero-order valence-electron chi connectivity index (χ0n) is 17.8. The van der Waals surface area contributed by atoms with Crippen molar-refractivity contribution in [3.8, 4) is 0 Å². The SMILES string of the molecule is Cl.OC(CCCN1CCC2C(C1)c1ccccc1N2c1ccccc1)c1ccccc1. The molecule has 4 heteroatoms. The Labute approximate surface area is 191 Å². The predicted octanol–water partition coefficient (Wildman–Crippen LogP) is 5.93. The van der Waals surface area contributed by atoms with E-state index in [2.05, 4.69) is 64.4 Å². The van der Waals surface area contributed by atoms with Gasteiger partial charge in [0.2, 0.25) is 0 Å². The summed E-state index contributed by atoms with van der Waals surface area (Å²) in [6, 6.07) is 30.3. The van der Waals surface area contributed by atoms with Crippen molar-refractivity contribution in [2.75, 3.05) is 24.5 Å². The molecule has 162 valence electrons. The number of aliphatic hydroxyl groups excluding tert-OH is 1. The van der Waals surface area contributed by atoms with Crippen LogP contribution in [0.2, 0.25) is 0 Å². The molecule has 0 amide bonds. The molecule has 3 aromatic rings. The Morgan fingerprint density at radius 2 is 1.55 bits per heavy atom. The number of likely N-dealkylation sites (tertiary alicyclic amines) is 1. The van der Waals surface area contributed by atoms with Crippen molar-refractivity contribution in [1.82, 2.24) is 4.90 Å². The van der Waals surface area contributed by atoms with Gasteiger partial charge in [-0.1, -0.05) is 66.7 Å². The largest absolute Gasteiger partial charge is 0.388 e. The van der Waals surface area contributed by atoms with Gasteiger partial charge in [0.1, 0.15) is 0 Å². The summed E-state index contributed by atoms with van der Waals surface area (Å²) in [4.78, 5) is 5.17. The highest BCUT2D eigenvalue weighted by atomic mass is 35.5. The fourth-order valence-electron chi connectivity index (χ4n) is 5.29. The molecule has 31 heavy (non-hydrogen) atoms. The van der Waals surface area contributed by atoms with Gasteiger partial charge in [0.25, 0.3) is 0 Å². The van der Waals surface area contributed by atoms with Crippen LogP contribution in [0.4, 0.5) is 11.4 Å². The topological polar surface area (TPSA) is 26.7 Å². The highest BCUT2D eigenvalue weighted by molar-refractivity contribution is 5.85. The minimum atomic E-state index is -0.357. The number of halogens is 1. The van der Waals surface area contributed by atoms with Gasteiger partial charge in [0.05, 0.1) is 6.10 Å². The molecule has 5 rings (SSSR count). The molecule has 3 aromatic carbocycles. The maximum absolute atomic E-state index is 10.5. The molecule has 3 atom stereocenters. The van der Waals surface area contributed by atoms with E-state index in [9.17, 15) is 5.11 Å². The molecular weight excluding hydrogens is 404 g/mol. The van der Waals surface area contributed by atoms with Crippen LogP contribution in [0.3, 0.4) is 0 Å². The smallest absolute Gasteiger partial charge is 0.0790 e. The zero-order chi connectivity index (χ0) is 20.3. The van der Waals surface area contributed by atoms with Crippen LogP contribution in [0.5, 0.6) is 0 Å². The summed E-state index contributed by atoms with van der Waals surface area (Å²) in [7, 11) is 0. The summed E-state index contributed by atoms with van der Waals surface area (Å²) in [5.41, 5.74) is 5.19. The summed E-state index contributed by atoms with van der Waals surface area (Å²) in [6.07, 6.45) is 2.67. The molecule has 2 aliphatic rings. The van der Waals surface area contributed by atoms with Crippen LogP contribution in [-0.4, -0.2) is 35.7 Å². The number of rotatable bonds is 6. The zero-order valence-corrected chi connectivity index (χ0v) is 18.6. The third-order valence-electron chi connectivity index (χ3n) is 6.76. The van der Waals surface area contributed by atoms with Crippen molar-refractivity contribution in [3.63, 3.8) is 0 Å². The first kappa shape index (κ1) is 21.9. The lowest BCUT2D eigenvalue weighted by Gasteiger charge is -2.39. The summed E-state index contributed by atoms with van der Waals surface area (Å²) in [6.45, 7) is 3.28. The Bertz CT molecular complexity index is 963. The average molecular weight is 435 g/mol. The summed E-state index contributed by atoms with van der Waals surface area (Å²) in [5, 5.41) is 10.5. The normalized spacial score (nSPS) is 21.1. The van der Waals surface area contributed by atoms with E-state index in [4.69, 9.17) is 0 Å². The van der Waals surface area contributed by atoms with Crippen molar-refractivity contribution in [1.29, 1.82) is 0 Å². The Morgan fingerprint density at radius 3 is 2.32 bits per heavy atom. The molecule has 0 aliphatic carbocycles. The van der Waals surface area contributed by atoms with E-state index in [1.165, 1.54) is 23.4 Å². The predicted molar refractivity (Wildman–Crippen MR) is 130 cm³/mol. The Hall–Kier alpha value is -2.33. The van der Waals surface area contributed by atoms with E-state index in [0.717, 1.165) is 38.0 Å². The van der Waals surface area contributed by atoms with Crippen molar-refractivity contribution in [2.45, 2.75) is 37.3 Å². The van der Waals surface area contributed by atoms with E-state index in [1.807, 2.05) is 30.3 Å². The quantitative estimate of drug-likeness (QED) is 0.520. The molecule has 0 saturated carbocycles. The maximum Gasteiger partial charge on any atom is 0.0790 e. The molecule has 1 fully saturated rings. The first-order chi connectivity index (χ1) is 14.8. The molecule has 2 heterocycles. The fraction of sp³-hybridized carbons (Fsp3) is 0.333. The number of para-hydroxylation sites is 2. The molecule has 1 N–H and O–H groups in total. The van der Waals surface area contributed by atoms with Crippen LogP contribution < -0.4 is 4.90 Å². The Morgan fingerprint density at radius 1 is 0.871 bits per heavy atom. The highest BCUT2D eigenvalue weighted by Crippen LogP contribution is 2.48. The number of benzene rings is 3. The monoisotopic (exact) mass is 434 g/mol.